The van der Waals surface area contributed by atoms with Crippen molar-refractivity contribution in [2.45, 2.75) is 32.6 Å². The van der Waals surface area contributed by atoms with Crippen LogP contribution in [0.3, 0.4) is 0 Å². The molecule has 0 saturated heterocycles. The van der Waals surface area contributed by atoms with E-state index in [1.54, 1.807) is 17.0 Å². The highest BCUT2D eigenvalue weighted by molar-refractivity contribution is 5.75. The number of ether oxygens (including phenoxy) is 1. The van der Waals surface area contributed by atoms with E-state index in [1.807, 2.05) is 7.05 Å². The molecule has 1 aromatic rings. The van der Waals surface area contributed by atoms with Crippen molar-refractivity contribution in [3.05, 3.63) is 30.1 Å². The number of unbranched alkanes of at least 4 members (excludes halogenated alkanes) is 1. The molecule has 19 heavy (non-hydrogen) atoms. The molecule has 0 aliphatic heterocycles. The summed E-state index contributed by atoms with van der Waals surface area (Å²) in [6.45, 7) is 3.39. The van der Waals surface area contributed by atoms with Crippen molar-refractivity contribution in [1.82, 2.24) is 4.90 Å². The van der Waals surface area contributed by atoms with E-state index in [0.29, 0.717) is 25.2 Å². The molecule has 0 atom stereocenters. The molecule has 0 saturated carbocycles. The van der Waals surface area contributed by atoms with Gasteiger partial charge in [0.05, 0.1) is 6.61 Å². The number of halogens is 1. The fraction of sp³-hybridized carbons (Fsp3) is 0.533. The zero-order valence-electron chi connectivity index (χ0n) is 11.7. The van der Waals surface area contributed by atoms with Crippen LogP contribution in [0.25, 0.3) is 0 Å². The second-order valence-corrected chi connectivity index (χ2v) is 4.57. The zero-order chi connectivity index (χ0) is 14.1. The second kappa shape index (κ2) is 8.51. The van der Waals surface area contributed by atoms with Crippen LogP contribution in [0.15, 0.2) is 24.3 Å². The van der Waals surface area contributed by atoms with Gasteiger partial charge in [-0.15, -0.1) is 0 Å². The quantitative estimate of drug-likeness (QED) is 0.677. The number of rotatable bonds is 8. The van der Waals surface area contributed by atoms with E-state index < -0.39 is 0 Å². The largest absolute Gasteiger partial charge is 0.494 e. The van der Waals surface area contributed by atoms with Crippen molar-refractivity contribution in [2.24, 2.45) is 0 Å². The summed E-state index contributed by atoms with van der Waals surface area (Å²) in [4.78, 5) is 13.5. The molecule has 0 bridgehead atoms. The highest BCUT2D eigenvalue weighted by Crippen LogP contribution is 2.11. The molecule has 4 heteroatoms. The number of hydrogen-bond acceptors (Lipinski definition) is 2. The van der Waals surface area contributed by atoms with E-state index in [9.17, 15) is 9.18 Å². The molecule has 0 fully saturated rings. The number of benzene rings is 1. The van der Waals surface area contributed by atoms with Gasteiger partial charge in [-0.05, 0) is 37.1 Å². The Balaban J connectivity index is 2.16. The number of carbonyl (C=O) groups is 1. The highest BCUT2D eigenvalue weighted by Gasteiger charge is 2.07. The Hall–Kier alpha value is -1.58. The third kappa shape index (κ3) is 6.22. The summed E-state index contributed by atoms with van der Waals surface area (Å²) in [6, 6.07) is 5.90. The van der Waals surface area contributed by atoms with Crippen molar-refractivity contribution < 1.29 is 13.9 Å². The summed E-state index contributed by atoms with van der Waals surface area (Å²) in [7, 11) is 1.83. The summed E-state index contributed by atoms with van der Waals surface area (Å²) in [5.41, 5.74) is 0. The maximum atomic E-state index is 12.7. The molecule has 0 unspecified atom stereocenters. The minimum absolute atomic E-state index is 0.149. The summed E-state index contributed by atoms with van der Waals surface area (Å²) < 4.78 is 18.1. The predicted molar refractivity (Wildman–Crippen MR) is 73.7 cm³/mol. The van der Waals surface area contributed by atoms with Crippen LogP contribution in [0.1, 0.15) is 32.6 Å². The van der Waals surface area contributed by atoms with Crippen LogP contribution < -0.4 is 4.74 Å². The SMILES string of the molecule is CCCCN(C)C(=O)CCCOc1ccc(F)cc1. The van der Waals surface area contributed by atoms with Gasteiger partial charge in [0, 0.05) is 20.0 Å². The molecule has 0 aromatic heterocycles. The molecule has 1 rings (SSSR count). The van der Waals surface area contributed by atoms with Gasteiger partial charge in [-0.2, -0.15) is 0 Å². The van der Waals surface area contributed by atoms with Crippen LogP contribution in [-0.2, 0) is 4.79 Å². The maximum Gasteiger partial charge on any atom is 0.222 e. The van der Waals surface area contributed by atoms with Gasteiger partial charge in [0.1, 0.15) is 11.6 Å². The summed E-state index contributed by atoms with van der Waals surface area (Å²) >= 11 is 0. The minimum Gasteiger partial charge on any atom is -0.494 e. The van der Waals surface area contributed by atoms with Gasteiger partial charge in [0.15, 0.2) is 0 Å². The zero-order valence-corrected chi connectivity index (χ0v) is 11.7. The molecule has 0 aliphatic rings. The highest BCUT2D eigenvalue weighted by atomic mass is 19.1. The smallest absolute Gasteiger partial charge is 0.222 e. The van der Waals surface area contributed by atoms with Gasteiger partial charge < -0.3 is 9.64 Å². The average molecular weight is 267 g/mol. The van der Waals surface area contributed by atoms with E-state index in [1.165, 1.54) is 12.1 Å². The fourth-order valence-electron chi connectivity index (χ4n) is 1.66. The number of amides is 1. The van der Waals surface area contributed by atoms with Crippen LogP contribution in [0, 0.1) is 5.82 Å². The molecule has 0 spiro atoms. The lowest BCUT2D eigenvalue weighted by Gasteiger charge is -2.16. The van der Waals surface area contributed by atoms with E-state index in [0.717, 1.165) is 19.4 Å². The summed E-state index contributed by atoms with van der Waals surface area (Å²) in [5.74, 6) is 0.504. The first-order valence-corrected chi connectivity index (χ1v) is 6.75. The van der Waals surface area contributed by atoms with Crippen molar-refractivity contribution in [2.75, 3.05) is 20.2 Å². The molecule has 0 radical (unpaired) electrons. The van der Waals surface area contributed by atoms with Gasteiger partial charge in [0.2, 0.25) is 5.91 Å². The molecule has 1 aromatic carbocycles. The Kier molecular flexibility index (Phi) is 6.93. The van der Waals surface area contributed by atoms with Crippen molar-refractivity contribution in [1.29, 1.82) is 0 Å². The summed E-state index contributed by atoms with van der Waals surface area (Å²) in [5, 5.41) is 0. The van der Waals surface area contributed by atoms with Crippen LogP contribution in [0.4, 0.5) is 4.39 Å². The standard InChI is InChI=1S/C15H22FNO2/c1-3-4-11-17(2)15(18)6-5-12-19-14-9-7-13(16)8-10-14/h7-10H,3-6,11-12H2,1-2H3. The molecule has 0 heterocycles. The lowest BCUT2D eigenvalue weighted by molar-refractivity contribution is -0.130. The molecular weight excluding hydrogens is 245 g/mol. The molecule has 0 N–H and O–H groups in total. The average Bonchev–Trinajstić information content (AvgIpc) is 2.42. The maximum absolute atomic E-state index is 12.7. The fourth-order valence-corrected chi connectivity index (χ4v) is 1.66. The molecule has 3 nitrogen and oxygen atoms in total. The van der Waals surface area contributed by atoms with Gasteiger partial charge in [0.25, 0.3) is 0 Å². The summed E-state index contributed by atoms with van der Waals surface area (Å²) in [6.07, 6.45) is 3.29. The van der Waals surface area contributed by atoms with Crippen molar-refractivity contribution in [3.8, 4) is 5.75 Å². The van der Waals surface area contributed by atoms with Crippen LogP contribution >= 0.6 is 0 Å². The van der Waals surface area contributed by atoms with Crippen molar-refractivity contribution >= 4 is 5.91 Å². The van der Waals surface area contributed by atoms with Crippen LogP contribution in [0.5, 0.6) is 5.75 Å². The normalized spacial score (nSPS) is 10.3. The van der Waals surface area contributed by atoms with Gasteiger partial charge in [-0.1, -0.05) is 13.3 Å². The van der Waals surface area contributed by atoms with E-state index in [4.69, 9.17) is 4.74 Å². The van der Waals surface area contributed by atoms with Crippen molar-refractivity contribution in [3.63, 3.8) is 0 Å². The predicted octanol–water partition coefficient (Wildman–Crippen LogP) is 3.24. The first-order valence-electron chi connectivity index (χ1n) is 6.75. The molecule has 106 valence electrons. The lowest BCUT2D eigenvalue weighted by Crippen LogP contribution is -2.27. The topological polar surface area (TPSA) is 29.5 Å². The van der Waals surface area contributed by atoms with E-state index in [-0.39, 0.29) is 11.7 Å². The number of hydrogen-bond donors (Lipinski definition) is 0. The van der Waals surface area contributed by atoms with E-state index in [2.05, 4.69) is 6.92 Å². The Labute approximate surface area is 114 Å². The van der Waals surface area contributed by atoms with Crippen LogP contribution in [-0.4, -0.2) is 31.0 Å². The van der Waals surface area contributed by atoms with Gasteiger partial charge in [-0.3, -0.25) is 4.79 Å². The van der Waals surface area contributed by atoms with Gasteiger partial charge in [-0.25, -0.2) is 4.39 Å². The molecule has 1 amide bonds. The Bertz CT molecular complexity index is 378. The first kappa shape index (κ1) is 15.5. The molecule has 0 aliphatic carbocycles. The Morgan fingerprint density at radius 1 is 1.26 bits per heavy atom. The van der Waals surface area contributed by atoms with E-state index >= 15 is 0 Å². The molecular formula is C15H22FNO2. The Morgan fingerprint density at radius 2 is 1.95 bits per heavy atom. The lowest BCUT2D eigenvalue weighted by atomic mass is 10.2. The number of nitrogens with zero attached hydrogens (tertiary/aromatic N) is 1. The number of carbonyl (C=O) groups excluding carboxylic acids is 1. The minimum atomic E-state index is -0.278. The third-order valence-electron chi connectivity index (χ3n) is 2.89. The monoisotopic (exact) mass is 267 g/mol. The second-order valence-electron chi connectivity index (χ2n) is 4.57. The Morgan fingerprint density at radius 3 is 2.58 bits per heavy atom. The van der Waals surface area contributed by atoms with Gasteiger partial charge >= 0.3 is 0 Å². The van der Waals surface area contributed by atoms with Crippen LogP contribution in [0.2, 0.25) is 0 Å². The first-order chi connectivity index (χ1) is 9.13. The third-order valence-corrected chi connectivity index (χ3v) is 2.89.